The average Bonchev–Trinajstić information content (AvgIpc) is 2.88. The molecule has 0 spiro atoms. The number of benzene rings is 1. The fourth-order valence-electron chi connectivity index (χ4n) is 2.31. The minimum Gasteiger partial charge on any atom is -0.388 e. The van der Waals surface area contributed by atoms with E-state index in [4.69, 9.17) is 9.47 Å². The topological polar surface area (TPSA) is 114 Å². The average molecular weight is 412 g/mol. The van der Waals surface area contributed by atoms with E-state index in [0.29, 0.717) is 12.1 Å². The summed E-state index contributed by atoms with van der Waals surface area (Å²) in [6.07, 6.45) is -1.86. The van der Waals surface area contributed by atoms with Gasteiger partial charge in [-0.2, -0.15) is 0 Å². The number of hydrogen-bond acceptors (Lipinski definition) is 6. The molecule has 1 amide bonds. The molecular formula is C15H19F3N2O6S. The third kappa shape index (κ3) is 6.06. The minimum absolute atomic E-state index is 0.0903. The smallest absolute Gasteiger partial charge is 0.242 e. The monoisotopic (exact) mass is 412 g/mol. The summed E-state index contributed by atoms with van der Waals surface area (Å²) in [5.74, 6) is -7.22. The molecule has 8 nitrogen and oxygen atoms in total. The summed E-state index contributed by atoms with van der Waals surface area (Å²) in [6.45, 7) is 3.05. The molecule has 1 fully saturated rings. The summed E-state index contributed by atoms with van der Waals surface area (Å²) in [4.78, 5) is 11.8. The van der Waals surface area contributed by atoms with E-state index in [9.17, 15) is 31.5 Å². The van der Waals surface area contributed by atoms with Crippen molar-refractivity contribution >= 4 is 21.6 Å². The van der Waals surface area contributed by atoms with E-state index in [1.54, 1.807) is 18.6 Å². The lowest BCUT2D eigenvalue weighted by atomic mass is 10.2. The van der Waals surface area contributed by atoms with E-state index < -0.39 is 62.8 Å². The summed E-state index contributed by atoms with van der Waals surface area (Å²) < 4.78 is 75.8. The normalized spacial score (nSPS) is 20.3. The largest absolute Gasteiger partial charge is 0.388 e. The molecule has 0 radical (unpaired) electrons. The summed E-state index contributed by atoms with van der Waals surface area (Å²) in [6, 6.07) is 0.588. The van der Waals surface area contributed by atoms with Crippen molar-refractivity contribution in [1.29, 1.82) is 0 Å². The van der Waals surface area contributed by atoms with Crippen molar-refractivity contribution in [3.05, 3.63) is 29.6 Å². The molecule has 2 atom stereocenters. The highest BCUT2D eigenvalue weighted by Crippen LogP contribution is 2.24. The van der Waals surface area contributed by atoms with Gasteiger partial charge in [-0.25, -0.2) is 21.6 Å². The number of aliphatic hydroxyl groups excluding tert-OH is 1. The van der Waals surface area contributed by atoms with Gasteiger partial charge in [0.2, 0.25) is 15.9 Å². The predicted octanol–water partition coefficient (Wildman–Crippen LogP) is 0.474. The number of amides is 1. The van der Waals surface area contributed by atoms with Crippen LogP contribution in [0.4, 0.5) is 18.9 Å². The Bertz CT molecular complexity index is 795. The van der Waals surface area contributed by atoms with Crippen molar-refractivity contribution < 1.29 is 41.0 Å². The van der Waals surface area contributed by atoms with Gasteiger partial charge in [-0.1, -0.05) is 0 Å². The molecule has 2 rings (SSSR count). The second-order valence-electron chi connectivity index (χ2n) is 6.34. The predicted molar refractivity (Wildman–Crippen MR) is 87.6 cm³/mol. The zero-order chi connectivity index (χ0) is 20.4. The number of carbonyl (C=O) groups is 1. The van der Waals surface area contributed by atoms with Crippen LogP contribution in [0.3, 0.4) is 0 Å². The zero-order valence-electron chi connectivity index (χ0n) is 14.5. The lowest BCUT2D eigenvalue weighted by molar-refractivity contribution is -0.150. The van der Waals surface area contributed by atoms with Gasteiger partial charge in [-0.3, -0.25) is 9.52 Å². The van der Waals surface area contributed by atoms with Crippen LogP contribution in [0, 0.1) is 17.5 Å². The minimum atomic E-state index is -4.48. The van der Waals surface area contributed by atoms with Gasteiger partial charge in [-0.05, 0) is 13.8 Å². The first-order chi connectivity index (χ1) is 12.4. The van der Waals surface area contributed by atoms with Crippen molar-refractivity contribution in [2.45, 2.75) is 31.8 Å². The first-order valence-electron chi connectivity index (χ1n) is 7.80. The molecule has 1 saturated heterocycles. The van der Waals surface area contributed by atoms with Crippen LogP contribution in [0.25, 0.3) is 0 Å². The summed E-state index contributed by atoms with van der Waals surface area (Å²) >= 11 is 0. The molecule has 27 heavy (non-hydrogen) atoms. The van der Waals surface area contributed by atoms with Gasteiger partial charge >= 0.3 is 0 Å². The number of ether oxygens (including phenoxy) is 2. The fraction of sp³-hybridized carbons (Fsp3) is 0.533. The number of sulfonamides is 1. The van der Waals surface area contributed by atoms with Crippen LogP contribution in [0.5, 0.6) is 0 Å². The molecule has 0 saturated carbocycles. The van der Waals surface area contributed by atoms with E-state index in [1.165, 1.54) is 0 Å². The van der Waals surface area contributed by atoms with E-state index in [0.717, 1.165) is 0 Å². The van der Waals surface area contributed by atoms with Gasteiger partial charge in [0, 0.05) is 18.7 Å². The van der Waals surface area contributed by atoms with Crippen LogP contribution in [-0.2, 0) is 24.3 Å². The summed E-state index contributed by atoms with van der Waals surface area (Å²) in [5.41, 5.74) is -1.09. The Balaban J connectivity index is 1.89. The quantitative estimate of drug-likeness (QED) is 0.600. The molecule has 1 aliphatic heterocycles. The molecule has 1 aromatic carbocycles. The van der Waals surface area contributed by atoms with Gasteiger partial charge in [0.25, 0.3) is 0 Å². The lowest BCUT2D eigenvalue weighted by Gasteiger charge is -2.20. The Morgan fingerprint density at radius 2 is 1.93 bits per heavy atom. The standard InChI is InChI=1S/C15H19F3N2O6S/c1-15(2)25-6-12(26-15)11(21)5-19-13(22)7-27(23,24)20-14-9(17)3-8(16)4-10(14)18/h3-4,11-12,20-21H,5-7H2,1-2H3,(H,19,22). The van der Waals surface area contributed by atoms with E-state index in [1.807, 2.05) is 0 Å². The van der Waals surface area contributed by atoms with Crippen molar-refractivity contribution in [3.63, 3.8) is 0 Å². The molecule has 2 unspecified atom stereocenters. The highest BCUT2D eigenvalue weighted by molar-refractivity contribution is 7.93. The van der Waals surface area contributed by atoms with Gasteiger partial charge in [0.15, 0.2) is 17.4 Å². The Morgan fingerprint density at radius 1 is 1.33 bits per heavy atom. The lowest BCUT2D eigenvalue weighted by Crippen LogP contribution is -2.43. The third-order valence-electron chi connectivity index (χ3n) is 3.55. The maximum Gasteiger partial charge on any atom is 0.242 e. The number of anilines is 1. The maximum atomic E-state index is 13.5. The first-order valence-corrected chi connectivity index (χ1v) is 9.45. The number of nitrogens with one attached hydrogen (secondary N) is 2. The molecule has 0 bridgehead atoms. The SMILES string of the molecule is CC1(C)OCC(C(O)CNC(=O)CS(=O)(=O)Nc2c(F)cc(F)cc2F)O1. The second kappa shape index (κ2) is 8.00. The van der Waals surface area contributed by atoms with Gasteiger partial charge in [0.05, 0.1) is 12.7 Å². The van der Waals surface area contributed by atoms with Crippen molar-refractivity contribution in [2.24, 2.45) is 0 Å². The van der Waals surface area contributed by atoms with Crippen molar-refractivity contribution in [2.75, 3.05) is 23.6 Å². The van der Waals surface area contributed by atoms with E-state index >= 15 is 0 Å². The van der Waals surface area contributed by atoms with Gasteiger partial charge < -0.3 is 19.9 Å². The van der Waals surface area contributed by atoms with Crippen LogP contribution in [-0.4, -0.2) is 56.3 Å². The van der Waals surface area contributed by atoms with Crippen LogP contribution >= 0.6 is 0 Å². The summed E-state index contributed by atoms with van der Waals surface area (Å²) in [5, 5.41) is 12.1. The Hall–Kier alpha value is -1.89. The van der Waals surface area contributed by atoms with Gasteiger partial charge in [0.1, 0.15) is 23.4 Å². The van der Waals surface area contributed by atoms with Crippen LogP contribution in [0.2, 0.25) is 0 Å². The number of carbonyl (C=O) groups excluding carboxylic acids is 1. The van der Waals surface area contributed by atoms with E-state index in [2.05, 4.69) is 5.32 Å². The number of aliphatic hydroxyl groups is 1. The molecule has 1 aliphatic rings. The van der Waals surface area contributed by atoms with Crippen molar-refractivity contribution in [3.8, 4) is 0 Å². The highest BCUT2D eigenvalue weighted by Gasteiger charge is 2.36. The molecule has 152 valence electrons. The van der Waals surface area contributed by atoms with E-state index in [-0.39, 0.29) is 13.2 Å². The molecule has 0 aromatic heterocycles. The fourth-order valence-corrected chi connectivity index (χ4v) is 3.34. The Kier molecular flexibility index (Phi) is 6.35. The second-order valence-corrected chi connectivity index (χ2v) is 8.07. The van der Waals surface area contributed by atoms with Crippen LogP contribution in [0.1, 0.15) is 13.8 Å². The zero-order valence-corrected chi connectivity index (χ0v) is 15.3. The number of rotatable bonds is 7. The highest BCUT2D eigenvalue weighted by atomic mass is 32.2. The third-order valence-corrected chi connectivity index (χ3v) is 4.71. The molecule has 12 heteroatoms. The first kappa shape index (κ1) is 21.4. The number of hydrogen-bond donors (Lipinski definition) is 3. The van der Waals surface area contributed by atoms with Crippen LogP contribution < -0.4 is 10.0 Å². The Morgan fingerprint density at radius 3 is 2.44 bits per heavy atom. The van der Waals surface area contributed by atoms with Crippen molar-refractivity contribution in [1.82, 2.24) is 5.32 Å². The molecular weight excluding hydrogens is 393 g/mol. The molecule has 1 heterocycles. The molecule has 1 aromatic rings. The number of halogens is 3. The molecule has 0 aliphatic carbocycles. The molecule has 3 N–H and O–H groups in total. The van der Waals surface area contributed by atoms with Gasteiger partial charge in [-0.15, -0.1) is 0 Å². The Labute approximate surface area is 153 Å². The summed E-state index contributed by atoms with van der Waals surface area (Å²) in [7, 11) is -4.48. The van der Waals surface area contributed by atoms with Crippen LogP contribution in [0.15, 0.2) is 12.1 Å². The maximum absolute atomic E-state index is 13.5.